The largest absolute Gasteiger partial charge is 0.449 e. The highest BCUT2D eigenvalue weighted by atomic mass is 35.5. The summed E-state index contributed by atoms with van der Waals surface area (Å²) in [5.74, 6) is -1.27. The Morgan fingerprint density at radius 1 is 0.970 bits per heavy atom. The fraction of sp³-hybridized carbons (Fsp3) is 0.0833. The topological polar surface area (TPSA) is 116 Å². The van der Waals surface area contributed by atoms with Gasteiger partial charge in [0, 0.05) is 10.7 Å². The molecule has 0 saturated heterocycles. The van der Waals surface area contributed by atoms with Gasteiger partial charge in [0.25, 0.3) is 5.91 Å². The number of carbonyl (C=O) groups is 2. The molecule has 0 aliphatic heterocycles. The van der Waals surface area contributed by atoms with Crippen LogP contribution in [-0.4, -0.2) is 26.4 Å². The molecule has 9 heteroatoms. The standard InChI is InChI=1S/C24H21ClN2O5S/c1-16(23(28)27-20-11-13-21(14-12-20)33(26,30)31)32-24(29)22(15-17-5-3-2-4-6-17)18-7-9-19(25)10-8-18/h2-16H,1H3,(H,27,28)(H2,26,30,31)/b22-15+. The van der Waals surface area contributed by atoms with Crippen LogP contribution < -0.4 is 10.5 Å². The molecule has 7 nitrogen and oxygen atoms in total. The lowest BCUT2D eigenvalue weighted by Crippen LogP contribution is -2.30. The summed E-state index contributed by atoms with van der Waals surface area (Å²) in [7, 11) is -3.84. The number of esters is 1. The van der Waals surface area contributed by atoms with Gasteiger partial charge in [-0.05, 0) is 60.5 Å². The molecule has 1 amide bonds. The fourth-order valence-electron chi connectivity index (χ4n) is 2.85. The van der Waals surface area contributed by atoms with Crippen molar-refractivity contribution in [1.29, 1.82) is 0 Å². The van der Waals surface area contributed by atoms with E-state index in [4.69, 9.17) is 21.5 Å². The first-order valence-corrected chi connectivity index (χ1v) is 11.7. The molecule has 1 unspecified atom stereocenters. The summed E-state index contributed by atoms with van der Waals surface area (Å²) < 4.78 is 28.1. The molecule has 0 aromatic heterocycles. The maximum absolute atomic E-state index is 13.0. The van der Waals surface area contributed by atoms with Crippen LogP contribution in [0.2, 0.25) is 5.02 Å². The van der Waals surface area contributed by atoms with E-state index in [-0.39, 0.29) is 10.5 Å². The zero-order valence-corrected chi connectivity index (χ0v) is 19.1. The van der Waals surface area contributed by atoms with E-state index in [0.717, 1.165) is 5.56 Å². The first-order chi connectivity index (χ1) is 15.6. The van der Waals surface area contributed by atoms with Gasteiger partial charge in [-0.1, -0.05) is 54.1 Å². The van der Waals surface area contributed by atoms with Gasteiger partial charge >= 0.3 is 5.97 Å². The van der Waals surface area contributed by atoms with Crippen LogP contribution in [0, 0.1) is 0 Å². The molecule has 0 heterocycles. The number of ether oxygens (including phenoxy) is 1. The van der Waals surface area contributed by atoms with Crippen molar-refractivity contribution in [1.82, 2.24) is 0 Å². The Labute approximate surface area is 196 Å². The van der Waals surface area contributed by atoms with Crippen LogP contribution in [0.25, 0.3) is 11.6 Å². The number of hydrogen-bond acceptors (Lipinski definition) is 5. The van der Waals surface area contributed by atoms with Crippen molar-refractivity contribution in [2.45, 2.75) is 17.9 Å². The lowest BCUT2D eigenvalue weighted by Gasteiger charge is -2.15. The minimum Gasteiger partial charge on any atom is -0.449 e. The van der Waals surface area contributed by atoms with E-state index in [0.29, 0.717) is 16.3 Å². The van der Waals surface area contributed by atoms with Crippen LogP contribution in [0.1, 0.15) is 18.1 Å². The summed E-state index contributed by atoms with van der Waals surface area (Å²) in [6.07, 6.45) is 0.546. The minimum absolute atomic E-state index is 0.0846. The first-order valence-electron chi connectivity index (χ1n) is 9.81. The number of primary sulfonamides is 1. The number of halogens is 1. The van der Waals surface area contributed by atoms with Crippen LogP contribution in [0.15, 0.2) is 83.8 Å². The Morgan fingerprint density at radius 3 is 2.15 bits per heavy atom. The van der Waals surface area contributed by atoms with Crippen molar-refractivity contribution in [2.75, 3.05) is 5.32 Å². The van der Waals surface area contributed by atoms with E-state index in [2.05, 4.69) is 5.32 Å². The van der Waals surface area contributed by atoms with Gasteiger partial charge in [-0.25, -0.2) is 18.4 Å². The third-order valence-electron chi connectivity index (χ3n) is 4.59. The van der Waals surface area contributed by atoms with Gasteiger partial charge in [-0.3, -0.25) is 4.79 Å². The Morgan fingerprint density at radius 2 is 1.58 bits per heavy atom. The molecule has 3 N–H and O–H groups in total. The number of rotatable bonds is 7. The Kier molecular flexibility index (Phi) is 7.65. The summed E-state index contributed by atoms with van der Waals surface area (Å²) in [5, 5.41) is 8.16. The molecule has 1 atom stereocenters. The third-order valence-corrected chi connectivity index (χ3v) is 5.77. The summed E-state index contributed by atoms with van der Waals surface area (Å²) >= 11 is 5.96. The van der Waals surface area contributed by atoms with Crippen molar-refractivity contribution in [3.05, 3.63) is 95.0 Å². The molecule has 0 radical (unpaired) electrons. The first kappa shape index (κ1) is 24.2. The van der Waals surface area contributed by atoms with E-state index >= 15 is 0 Å². The molecule has 0 spiro atoms. The summed E-state index contributed by atoms with van der Waals surface area (Å²) in [6.45, 7) is 1.44. The lowest BCUT2D eigenvalue weighted by molar-refractivity contribution is -0.147. The molecule has 0 saturated carbocycles. The smallest absolute Gasteiger partial charge is 0.339 e. The number of nitrogens with two attached hydrogens (primary N) is 1. The zero-order valence-electron chi connectivity index (χ0n) is 17.6. The van der Waals surface area contributed by atoms with Crippen LogP contribution in [-0.2, 0) is 24.3 Å². The molecule has 0 aliphatic rings. The third kappa shape index (κ3) is 6.76. The van der Waals surface area contributed by atoms with Gasteiger partial charge in [-0.2, -0.15) is 0 Å². The minimum atomic E-state index is -3.84. The summed E-state index contributed by atoms with van der Waals surface area (Å²) in [6, 6.07) is 21.2. The molecular weight excluding hydrogens is 464 g/mol. The predicted octanol–water partition coefficient (Wildman–Crippen LogP) is 4.10. The molecule has 0 bridgehead atoms. The monoisotopic (exact) mass is 484 g/mol. The maximum Gasteiger partial charge on any atom is 0.339 e. The summed E-state index contributed by atoms with van der Waals surface area (Å²) in [5.41, 5.74) is 1.95. The van der Waals surface area contributed by atoms with Gasteiger partial charge in [0.05, 0.1) is 10.5 Å². The van der Waals surface area contributed by atoms with Gasteiger partial charge in [-0.15, -0.1) is 0 Å². The van der Waals surface area contributed by atoms with Gasteiger partial charge in [0.2, 0.25) is 10.0 Å². The van der Waals surface area contributed by atoms with Crippen molar-refractivity contribution in [3.63, 3.8) is 0 Å². The van der Waals surface area contributed by atoms with E-state index in [1.165, 1.54) is 31.2 Å². The van der Waals surface area contributed by atoms with E-state index < -0.39 is 28.0 Å². The zero-order chi connectivity index (χ0) is 24.0. The van der Waals surface area contributed by atoms with Crippen molar-refractivity contribution < 1.29 is 22.7 Å². The number of nitrogens with one attached hydrogen (secondary N) is 1. The molecule has 3 aromatic carbocycles. The molecule has 0 fully saturated rings. The second-order valence-electron chi connectivity index (χ2n) is 7.08. The Bertz CT molecular complexity index is 1270. The highest BCUT2D eigenvalue weighted by Crippen LogP contribution is 2.23. The van der Waals surface area contributed by atoms with Crippen molar-refractivity contribution in [2.24, 2.45) is 5.14 Å². The number of benzene rings is 3. The number of sulfonamides is 1. The van der Waals surface area contributed by atoms with E-state index in [9.17, 15) is 18.0 Å². The van der Waals surface area contributed by atoms with Crippen LogP contribution in [0.3, 0.4) is 0 Å². The van der Waals surface area contributed by atoms with Crippen LogP contribution >= 0.6 is 11.6 Å². The van der Waals surface area contributed by atoms with Gasteiger partial charge in [0.15, 0.2) is 6.10 Å². The Hall–Kier alpha value is -3.46. The number of anilines is 1. The highest BCUT2D eigenvalue weighted by Gasteiger charge is 2.22. The maximum atomic E-state index is 13.0. The molecular formula is C24H21ClN2O5S. The van der Waals surface area contributed by atoms with Crippen molar-refractivity contribution in [3.8, 4) is 0 Å². The summed E-state index contributed by atoms with van der Waals surface area (Å²) in [4.78, 5) is 25.4. The normalized spacial score (nSPS) is 12.6. The van der Waals surface area contributed by atoms with Crippen LogP contribution in [0.5, 0.6) is 0 Å². The van der Waals surface area contributed by atoms with Gasteiger partial charge in [0.1, 0.15) is 0 Å². The molecule has 3 rings (SSSR count). The Balaban J connectivity index is 1.76. The quantitative estimate of drug-likeness (QED) is 0.297. The SMILES string of the molecule is CC(OC(=O)/C(=C/c1ccccc1)c1ccc(Cl)cc1)C(=O)Nc1ccc(S(N)(=O)=O)cc1. The number of carbonyl (C=O) groups excluding carboxylic acids is 2. The molecule has 3 aromatic rings. The van der Waals surface area contributed by atoms with Crippen LogP contribution in [0.4, 0.5) is 5.69 Å². The molecule has 33 heavy (non-hydrogen) atoms. The number of hydrogen-bond donors (Lipinski definition) is 2. The predicted molar refractivity (Wildman–Crippen MR) is 128 cm³/mol. The van der Waals surface area contributed by atoms with E-state index in [1.54, 1.807) is 30.3 Å². The number of amides is 1. The highest BCUT2D eigenvalue weighted by molar-refractivity contribution is 7.89. The lowest BCUT2D eigenvalue weighted by atomic mass is 10.0. The van der Waals surface area contributed by atoms with Gasteiger partial charge < -0.3 is 10.1 Å². The van der Waals surface area contributed by atoms with Crippen molar-refractivity contribution >= 4 is 50.8 Å². The fourth-order valence-corrected chi connectivity index (χ4v) is 3.50. The van der Waals surface area contributed by atoms with E-state index in [1.807, 2.05) is 30.3 Å². The molecule has 170 valence electrons. The molecule has 0 aliphatic carbocycles. The second-order valence-corrected chi connectivity index (χ2v) is 9.08. The average Bonchev–Trinajstić information content (AvgIpc) is 2.78. The average molecular weight is 485 g/mol. The second kappa shape index (κ2) is 10.4.